The monoisotopic (exact) mass is 378 g/mol. The normalized spacial score (nSPS) is 16.7. The molecule has 1 aromatic heterocycles. The smallest absolute Gasteiger partial charge is 0.244 e. The molecule has 0 saturated carbocycles. The minimum absolute atomic E-state index is 0.00448. The number of ether oxygens (including phenoxy) is 1. The summed E-state index contributed by atoms with van der Waals surface area (Å²) < 4.78 is 35.0. The van der Waals surface area contributed by atoms with Crippen molar-refractivity contribution in [3.8, 4) is 5.75 Å². The minimum Gasteiger partial charge on any atom is -0.497 e. The van der Waals surface area contributed by atoms with Gasteiger partial charge in [0.25, 0.3) is 0 Å². The van der Waals surface area contributed by atoms with Crippen molar-refractivity contribution in [2.24, 2.45) is 7.05 Å². The van der Waals surface area contributed by atoms with Crippen LogP contribution in [0.3, 0.4) is 0 Å². The number of benzene rings is 1. The van der Waals surface area contributed by atoms with Gasteiger partial charge in [-0.2, -0.15) is 5.10 Å². The second-order valence-corrected chi connectivity index (χ2v) is 8.37. The first kappa shape index (κ1) is 18.9. The van der Waals surface area contributed by atoms with Gasteiger partial charge in [-0.3, -0.25) is 9.58 Å². The fourth-order valence-corrected chi connectivity index (χ4v) is 4.70. The fourth-order valence-electron chi connectivity index (χ4n) is 3.45. The molecule has 1 N–H and O–H groups in total. The standard InChI is InChI=1S/C18H26N4O3S/c1-14-18(13-21(2)20-14)26(23,24)19-12-17(22-10-4-5-11-22)15-6-8-16(25-3)9-7-15/h6-9,13,17,19H,4-5,10-12H2,1-3H3. The summed E-state index contributed by atoms with van der Waals surface area (Å²) in [5.41, 5.74) is 1.58. The summed E-state index contributed by atoms with van der Waals surface area (Å²) in [6, 6.07) is 7.84. The van der Waals surface area contributed by atoms with Crippen molar-refractivity contribution >= 4 is 10.0 Å². The Morgan fingerprint density at radius 2 is 1.88 bits per heavy atom. The number of aryl methyl sites for hydroxylation is 2. The number of rotatable bonds is 7. The first-order valence-electron chi connectivity index (χ1n) is 8.78. The van der Waals surface area contributed by atoms with Gasteiger partial charge in [0.05, 0.1) is 12.8 Å². The molecule has 1 aromatic carbocycles. The second-order valence-electron chi connectivity index (χ2n) is 6.64. The number of aromatic nitrogens is 2. The van der Waals surface area contributed by atoms with E-state index in [0.717, 1.165) is 37.2 Å². The number of hydrogen-bond donors (Lipinski definition) is 1. The molecule has 1 aliphatic heterocycles. The number of hydrogen-bond acceptors (Lipinski definition) is 5. The van der Waals surface area contributed by atoms with Crippen LogP contribution in [-0.2, 0) is 17.1 Å². The zero-order valence-corrected chi connectivity index (χ0v) is 16.3. The van der Waals surface area contributed by atoms with E-state index in [1.165, 1.54) is 10.9 Å². The Hall–Kier alpha value is -1.90. The largest absolute Gasteiger partial charge is 0.497 e. The van der Waals surface area contributed by atoms with E-state index in [0.29, 0.717) is 12.2 Å². The SMILES string of the molecule is COc1ccc(C(CNS(=O)(=O)c2cn(C)nc2C)N2CCCC2)cc1. The Kier molecular flexibility index (Phi) is 5.64. The molecule has 2 heterocycles. The van der Waals surface area contributed by atoms with Crippen LogP contribution in [0, 0.1) is 6.92 Å². The average Bonchev–Trinajstić information content (AvgIpc) is 3.25. The molecule has 2 aromatic rings. The van der Waals surface area contributed by atoms with Crippen molar-refractivity contribution in [1.29, 1.82) is 0 Å². The lowest BCUT2D eigenvalue weighted by molar-refractivity contribution is 0.246. The Morgan fingerprint density at radius 3 is 2.42 bits per heavy atom. The van der Waals surface area contributed by atoms with Crippen LogP contribution in [0.1, 0.15) is 30.1 Å². The molecule has 1 aliphatic rings. The average molecular weight is 378 g/mol. The first-order valence-corrected chi connectivity index (χ1v) is 10.3. The lowest BCUT2D eigenvalue weighted by atomic mass is 10.1. The summed E-state index contributed by atoms with van der Waals surface area (Å²) in [5.74, 6) is 0.792. The van der Waals surface area contributed by atoms with Crippen LogP contribution in [0.2, 0.25) is 0 Å². The third-order valence-electron chi connectivity index (χ3n) is 4.81. The molecule has 26 heavy (non-hydrogen) atoms. The molecule has 8 heteroatoms. The van der Waals surface area contributed by atoms with Gasteiger partial charge in [-0.15, -0.1) is 0 Å². The fraction of sp³-hybridized carbons (Fsp3) is 0.500. The predicted molar refractivity (Wildman–Crippen MR) is 99.7 cm³/mol. The highest BCUT2D eigenvalue weighted by Crippen LogP contribution is 2.27. The predicted octanol–water partition coefficient (Wildman–Crippen LogP) is 1.85. The molecule has 1 saturated heterocycles. The van der Waals surface area contributed by atoms with E-state index in [2.05, 4.69) is 14.7 Å². The molecule has 0 amide bonds. The third-order valence-corrected chi connectivity index (χ3v) is 6.33. The maximum Gasteiger partial charge on any atom is 0.244 e. The van der Waals surface area contributed by atoms with E-state index in [1.54, 1.807) is 21.1 Å². The van der Waals surface area contributed by atoms with Gasteiger partial charge in [0.2, 0.25) is 10.0 Å². The number of sulfonamides is 1. The van der Waals surface area contributed by atoms with E-state index >= 15 is 0 Å². The van der Waals surface area contributed by atoms with Gasteiger partial charge in [0, 0.05) is 25.8 Å². The molecule has 7 nitrogen and oxygen atoms in total. The topological polar surface area (TPSA) is 76.5 Å². The maximum atomic E-state index is 12.7. The lowest BCUT2D eigenvalue weighted by Crippen LogP contribution is -2.36. The van der Waals surface area contributed by atoms with Crippen molar-refractivity contribution < 1.29 is 13.2 Å². The highest BCUT2D eigenvalue weighted by molar-refractivity contribution is 7.89. The van der Waals surface area contributed by atoms with Crippen LogP contribution in [-0.4, -0.2) is 49.8 Å². The minimum atomic E-state index is -3.60. The summed E-state index contributed by atoms with van der Waals surface area (Å²) in [4.78, 5) is 2.57. The number of nitrogens with one attached hydrogen (secondary N) is 1. The molecule has 1 fully saturated rings. The van der Waals surface area contributed by atoms with Crippen LogP contribution >= 0.6 is 0 Å². The van der Waals surface area contributed by atoms with Crippen molar-refractivity contribution in [2.75, 3.05) is 26.7 Å². The van der Waals surface area contributed by atoms with E-state index in [9.17, 15) is 8.42 Å². The van der Waals surface area contributed by atoms with Crippen LogP contribution in [0.25, 0.3) is 0 Å². The van der Waals surface area contributed by atoms with E-state index in [4.69, 9.17) is 4.74 Å². The van der Waals surface area contributed by atoms with E-state index in [1.807, 2.05) is 24.3 Å². The van der Waals surface area contributed by atoms with E-state index in [-0.39, 0.29) is 10.9 Å². The number of nitrogens with zero attached hydrogens (tertiary/aromatic N) is 3. The van der Waals surface area contributed by atoms with Gasteiger partial charge in [0.1, 0.15) is 10.6 Å². The highest BCUT2D eigenvalue weighted by atomic mass is 32.2. The molecule has 1 unspecified atom stereocenters. The Balaban J connectivity index is 1.80. The van der Waals surface area contributed by atoms with Gasteiger partial charge in [-0.1, -0.05) is 12.1 Å². The Labute approximate surface area is 155 Å². The van der Waals surface area contributed by atoms with Crippen LogP contribution in [0.4, 0.5) is 0 Å². The van der Waals surface area contributed by atoms with Crippen LogP contribution in [0.5, 0.6) is 5.75 Å². The summed E-state index contributed by atoms with van der Waals surface area (Å²) in [6.45, 7) is 3.98. The molecule has 0 aliphatic carbocycles. The van der Waals surface area contributed by atoms with Gasteiger partial charge >= 0.3 is 0 Å². The quantitative estimate of drug-likeness (QED) is 0.796. The molecule has 1 atom stereocenters. The number of likely N-dealkylation sites (tertiary alicyclic amines) is 1. The van der Waals surface area contributed by atoms with Gasteiger partial charge in [0.15, 0.2) is 0 Å². The Bertz CT molecular complexity index is 840. The zero-order valence-electron chi connectivity index (χ0n) is 15.5. The van der Waals surface area contributed by atoms with Crippen LogP contribution < -0.4 is 9.46 Å². The van der Waals surface area contributed by atoms with Crippen molar-refractivity contribution in [3.63, 3.8) is 0 Å². The molecule has 142 valence electrons. The summed E-state index contributed by atoms with van der Waals surface area (Å²) >= 11 is 0. The maximum absolute atomic E-state index is 12.7. The van der Waals surface area contributed by atoms with Crippen LogP contribution in [0.15, 0.2) is 35.4 Å². The van der Waals surface area contributed by atoms with Crippen molar-refractivity contribution in [3.05, 3.63) is 41.7 Å². The zero-order chi connectivity index (χ0) is 18.7. The summed E-state index contributed by atoms with van der Waals surface area (Å²) in [7, 11) is -0.245. The molecule has 0 radical (unpaired) electrons. The highest BCUT2D eigenvalue weighted by Gasteiger charge is 2.27. The molecular weight excluding hydrogens is 352 g/mol. The molecule has 0 spiro atoms. The molecule has 0 bridgehead atoms. The molecule has 3 rings (SSSR count). The van der Waals surface area contributed by atoms with Gasteiger partial charge in [-0.05, 0) is 50.6 Å². The van der Waals surface area contributed by atoms with Gasteiger partial charge in [-0.25, -0.2) is 13.1 Å². The lowest BCUT2D eigenvalue weighted by Gasteiger charge is -2.28. The van der Waals surface area contributed by atoms with Crippen molar-refractivity contribution in [2.45, 2.75) is 30.7 Å². The first-order chi connectivity index (χ1) is 12.4. The van der Waals surface area contributed by atoms with Crippen molar-refractivity contribution in [1.82, 2.24) is 19.4 Å². The Morgan fingerprint density at radius 1 is 1.23 bits per heavy atom. The number of methoxy groups -OCH3 is 1. The summed E-state index contributed by atoms with van der Waals surface area (Å²) in [6.07, 6.45) is 3.82. The molecular formula is C18H26N4O3S. The van der Waals surface area contributed by atoms with Gasteiger partial charge < -0.3 is 4.74 Å². The third kappa shape index (κ3) is 4.08. The summed E-state index contributed by atoms with van der Waals surface area (Å²) in [5, 5.41) is 4.13. The second kappa shape index (κ2) is 7.77. The van der Waals surface area contributed by atoms with E-state index < -0.39 is 10.0 Å².